The Morgan fingerprint density at radius 2 is 1.86 bits per heavy atom. The van der Waals surface area contributed by atoms with Gasteiger partial charge in [0.05, 0.1) is 12.2 Å². The summed E-state index contributed by atoms with van der Waals surface area (Å²) < 4.78 is 53.3. The van der Waals surface area contributed by atoms with E-state index >= 15 is 0 Å². The van der Waals surface area contributed by atoms with E-state index in [4.69, 9.17) is 32.5 Å². The van der Waals surface area contributed by atoms with Crippen LogP contribution in [0.15, 0.2) is 41.4 Å². The smallest absolute Gasteiger partial charge is 0.417 e. The first-order valence-electron chi connectivity index (χ1n) is 11.2. The minimum atomic E-state index is -4.68. The van der Waals surface area contributed by atoms with Gasteiger partial charge in [0, 0.05) is 42.9 Å². The third-order valence-corrected chi connectivity index (χ3v) is 6.40. The average Bonchev–Trinajstić information content (AvgIpc) is 3.18. The van der Waals surface area contributed by atoms with Crippen molar-refractivity contribution in [1.82, 2.24) is 15.8 Å². The Labute approximate surface area is 218 Å². The molecule has 8 nitrogen and oxygen atoms in total. The first kappa shape index (κ1) is 28.3. The summed E-state index contributed by atoms with van der Waals surface area (Å²) in [4.78, 5) is 6.26. The number of guanidine groups is 1. The van der Waals surface area contributed by atoms with Crippen molar-refractivity contribution in [2.24, 2.45) is 16.5 Å². The molecule has 0 bridgehead atoms. The first-order chi connectivity index (χ1) is 16.6. The molecule has 36 heavy (non-hydrogen) atoms. The normalized spacial score (nSPS) is 21.0. The molecule has 1 unspecified atom stereocenters. The molecule has 2 aromatic carbocycles. The molecule has 0 aliphatic carbocycles. The van der Waals surface area contributed by atoms with Gasteiger partial charge in [-0.1, -0.05) is 23.7 Å². The van der Waals surface area contributed by atoms with Crippen molar-refractivity contribution in [1.29, 1.82) is 0 Å². The summed E-state index contributed by atoms with van der Waals surface area (Å²) in [6.07, 6.45) is -2.89. The number of nitrogens with two attached hydrogens (primary N) is 2. The number of hydrogen-bond donors (Lipinski definition) is 4. The van der Waals surface area contributed by atoms with Gasteiger partial charge in [0.15, 0.2) is 0 Å². The number of hydrazine groups is 1. The Balaban J connectivity index is 0.00000361. The van der Waals surface area contributed by atoms with E-state index in [1.165, 1.54) is 6.07 Å². The topological polar surface area (TPSA) is 110 Å². The first-order valence-corrected chi connectivity index (χ1v) is 11.5. The second-order valence-electron chi connectivity index (χ2n) is 8.57. The van der Waals surface area contributed by atoms with Crippen LogP contribution < -0.4 is 27.1 Å². The Kier molecular flexibility index (Phi) is 8.97. The molecule has 0 amide bonds. The number of piperidine rings is 1. The zero-order valence-corrected chi connectivity index (χ0v) is 21.1. The van der Waals surface area contributed by atoms with Crippen molar-refractivity contribution in [2.45, 2.75) is 30.9 Å². The van der Waals surface area contributed by atoms with Gasteiger partial charge in [-0.15, -0.1) is 12.4 Å². The fourth-order valence-corrected chi connectivity index (χ4v) is 4.58. The number of methoxy groups -OCH3 is 1. The summed E-state index contributed by atoms with van der Waals surface area (Å²) in [5.41, 5.74) is 16.0. The van der Waals surface area contributed by atoms with Crippen LogP contribution in [0.2, 0.25) is 5.02 Å². The molecule has 6 N–H and O–H groups in total. The highest BCUT2D eigenvalue weighted by Crippen LogP contribution is 2.43. The minimum Gasteiger partial charge on any atom is -0.490 e. The molecule has 13 heteroatoms. The van der Waals surface area contributed by atoms with Crippen LogP contribution >= 0.6 is 24.0 Å². The van der Waals surface area contributed by atoms with E-state index in [9.17, 15) is 13.2 Å². The van der Waals surface area contributed by atoms with E-state index in [0.29, 0.717) is 17.9 Å². The van der Waals surface area contributed by atoms with Crippen LogP contribution in [0.4, 0.5) is 13.2 Å². The van der Waals surface area contributed by atoms with Gasteiger partial charge in [0.2, 0.25) is 11.7 Å². The third-order valence-electron chi connectivity index (χ3n) is 6.11. The molecule has 198 valence electrons. The number of alkyl halides is 3. The van der Waals surface area contributed by atoms with E-state index in [1.807, 2.05) is 0 Å². The van der Waals surface area contributed by atoms with E-state index in [1.54, 1.807) is 31.4 Å². The standard InChI is InChI=1S/C23H28ClF3N6O2.ClH/c1-34-11-10-33-8-6-17(7-9-33)35-16-4-2-14(3-5-16)20-18(22(25,26)27)12-15(13-19(20)24)23(29)30-21(28)31-32-23;/h2-5,12-13,17,32H,6-11,29H2,1H3,(H3,28,30,31);1H. The molecule has 0 spiro atoms. The monoisotopic (exact) mass is 548 g/mol. The number of ether oxygens (including phenoxy) is 2. The zero-order valence-electron chi connectivity index (χ0n) is 19.6. The highest BCUT2D eigenvalue weighted by atomic mass is 35.5. The summed E-state index contributed by atoms with van der Waals surface area (Å²) in [6.45, 7) is 3.39. The molecule has 1 atom stereocenters. The number of halogens is 5. The molecule has 0 saturated carbocycles. The van der Waals surface area contributed by atoms with Gasteiger partial charge in [-0.05, 0) is 42.7 Å². The Bertz CT molecular complexity index is 1080. The molecule has 2 aliphatic heterocycles. The largest absolute Gasteiger partial charge is 0.490 e. The number of likely N-dealkylation sites (tertiary alicyclic amines) is 1. The maximum absolute atomic E-state index is 14.0. The Morgan fingerprint density at radius 1 is 1.19 bits per heavy atom. The Hall–Kier alpha value is -2.28. The van der Waals surface area contributed by atoms with Crippen molar-refractivity contribution < 1.29 is 22.6 Å². The van der Waals surface area contributed by atoms with Crippen LogP contribution in [0, 0.1) is 0 Å². The molecule has 0 radical (unpaired) electrons. The Morgan fingerprint density at radius 3 is 2.42 bits per heavy atom. The van der Waals surface area contributed by atoms with E-state index < -0.39 is 17.5 Å². The van der Waals surface area contributed by atoms with E-state index in [0.717, 1.165) is 38.5 Å². The van der Waals surface area contributed by atoms with Crippen molar-refractivity contribution >= 4 is 30.0 Å². The number of nitrogens with one attached hydrogen (secondary N) is 2. The summed E-state index contributed by atoms with van der Waals surface area (Å²) in [7, 11) is 1.68. The lowest BCUT2D eigenvalue weighted by Gasteiger charge is -2.31. The lowest BCUT2D eigenvalue weighted by molar-refractivity contribution is -0.137. The van der Waals surface area contributed by atoms with Gasteiger partial charge in [-0.2, -0.15) is 18.6 Å². The number of nitrogens with zero attached hydrogens (tertiary/aromatic N) is 2. The van der Waals surface area contributed by atoms with Gasteiger partial charge in [-0.3, -0.25) is 11.2 Å². The summed E-state index contributed by atoms with van der Waals surface area (Å²) >= 11 is 6.37. The summed E-state index contributed by atoms with van der Waals surface area (Å²) in [5, 5.41) is -0.112. The second-order valence-corrected chi connectivity index (χ2v) is 8.98. The minimum absolute atomic E-state index is 0. The van der Waals surface area contributed by atoms with Crippen molar-refractivity contribution in [3.05, 3.63) is 52.5 Å². The molecule has 1 fully saturated rings. The second kappa shape index (κ2) is 11.4. The van der Waals surface area contributed by atoms with Gasteiger partial charge < -0.3 is 20.1 Å². The van der Waals surface area contributed by atoms with Gasteiger partial charge >= 0.3 is 6.18 Å². The summed E-state index contributed by atoms with van der Waals surface area (Å²) in [6, 6.07) is 8.75. The molecule has 2 aromatic rings. The zero-order chi connectivity index (χ0) is 25.2. The molecule has 1 saturated heterocycles. The van der Waals surface area contributed by atoms with Gasteiger partial charge in [0.25, 0.3) is 0 Å². The van der Waals surface area contributed by atoms with Crippen LogP contribution in [-0.2, 0) is 16.7 Å². The quantitative estimate of drug-likeness (QED) is 0.419. The predicted molar refractivity (Wildman–Crippen MR) is 135 cm³/mol. The number of benzene rings is 2. The van der Waals surface area contributed by atoms with Crippen molar-refractivity contribution in [2.75, 3.05) is 33.4 Å². The van der Waals surface area contributed by atoms with Crippen LogP contribution in [-0.4, -0.2) is 50.3 Å². The van der Waals surface area contributed by atoms with E-state index in [2.05, 4.69) is 20.7 Å². The summed E-state index contributed by atoms with van der Waals surface area (Å²) in [5.74, 6) is -1.13. The third kappa shape index (κ3) is 6.34. The molecule has 2 aliphatic rings. The van der Waals surface area contributed by atoms with Crippen LogP contribution in [0.3, 0.4) is 0 Å². The number of rotatable bonds is 7. The molecule has 2 heterocycles. The average molecular weight is 549 g/mol. The number of hydrogen-bond acceptors (Lipinski definition) is 8. The van der Waals surface area contributed by atoms with Crippen molar-refractivity contribution in [3.8, 4) is 16.9 Å². The maximum Gasteiger partial charge on any atom is 0.417 e. The van der Waals surface area contributed by atoms with Crippen LogP contribution in [0.1, 0.15) is 24.0 Å². The molecule has 0 aromatic heterocycles. The molecule has 4 rings (SSSR count). The lowest BCUT2D eigenvalue weighted by Crippen LogP contribution is -2.50. The highest BCUT2D eigenvalue weighted by Gasteiger charge is 2.39. The predicted octanol–water partition coefficient (Wildman–Crippen LogP) is 3.43. The fourth-order valence-electron chi connectivity index (χ4n) is 4.25. The van der Waals surface area contributed by atoms with Crippen LogP contribution in [0.5, 0.6) is 5.75 Å². The highest BCUT2D eigenvalue weighted by molar-refractivity contribution is 6.33. The lowest BCUT2D eigenvalue weighted by atomic mass is 9.95. The van der Waals surface area contributed by atoms with Gasteiger partial charge in [-0.25, -0.2) is 4.99 Å². The van der Waals surface area contributed by atoms with Gasteiger partial charge in [0.1, 0.15) is 11.9 Å². The fraction of sp³-hybridized carbons (Fsp3) is 0.435. The maximum atomic E-state index is 14.0. The number of aliphatic imine (C=N–C) groups is 1. The van der Waals surface area contributed by atoms with Crippen LogP contribution in [0.25, 0.3) is 11.1 Å². The van der Waals surface area contributed by atoms with Crippen molar-refractivity contribution in [3.63, 3.8) is 0 Å². The molecular formula is C23H29Cl2F3N6O2. The molecular weight excluding hydrogens is 520 g/mol. The van der Waals surface area contributed by atoms with E-state index in [-0.39, 0.29) is 40.6 Å². The SMILES string of the molecule is COCCN1CCC(Oc2ccc(-c3c(Cl)cc(C4(N)N=C(N)NN4)cc3C(F)(F)F)cc2)CC1.Cl.